The number of nitrogen functional groups attached to an aromatic ring is 1. The summed E-state index contributed by atoms with van der Waals surface area (Å²) in [7, 11) is 0. The second-order valence-corrected chi connectivity index (χ2v) is 1.93. The lowest BCUT2D eigenvalue weighted by atomic mass is 10.6. The van der Waals surface area contributed by atoms with Crippen molar-refractivity contribution in [1.82, 2.24) is 19.5 Å². The SMILES string of the molecule is [2H]c1nc([2H])c(-n2c([2H])nc(N)c2[2H])nc1[2H]. The Balaban J connectivity index is 2.72. The lowest BCUT2D eigenvalue weighted by Gasteiger charge is -1.96. The smallest absolute Gasteiger partial charge is 0.156 e. The number of nitrogens with zero attached hydrogens (tertiary/aromatic N) is 4. The molecular weight excluding hydrogens is 154 g/mol. The van der Waals surface area contributed by atoms with Crippen molar-refractivity contribution in [3.8, 4) is 5.82 Å². The van der Waals surface area contributed by atoms with E-state index < -0.39 is 18.5 Å². The Bertz CT molecular complexity index is 595. The minimum absolute atomic E-state index is 0.169. The maximum Gasteiger partial charge on any atom is 0.156 e. The van der Waals surface area contributed by atoms with E-state index >= 15 is 0 Å². The van der Waals surface area contributed by atoms with Gasteiger partial charge in [-0.25, -0.2) is 9.97 Å². The number of aromatic nitrogens is 4. The van der Waals surface area contributed by atoms with Gasteiger partial charge in [0.15, 0.2) is 5.82 Å². The average Bonchev–Trinajstić information content (AvgIpc) is 2.48. The number of hydrogen-bond acceptors (Lipinski definition) is 4. The molecule has 2 N–H and O–H groups in total. The Morgan fingerprint density at radius 3 is 3.08 bits per heavy atom. The summed E-state index contributed by atoms with van der Waals surface area (Å²) in [6.45, 7) is 0. The molecule has 0 atom stereocenters. The van der Waals surface area contributed by atoms with Gasteiger partial charge in [0.1, 0.15) is 13.5 Å². The molecule has 0 amide bonds. The van der Waals surface area contributed by atoms with E-state index in [0.717, 1.165) is 4.57 Å². The van der Waals surface area contributed by atoms with Crippen LogP contribution in [0.5, 0.6) is 0 Å². The van der Waals surface area contributed by atoms with Gasteiger partial charge in [0, 0.05) is 12.3 Å². The third-order valence-electron chi connectivity index (χ3n) is 1.13. The monoisotopic (exact) mass is 166 g/mol. The third-order valence-corrected chi connectivity index (χ3v) is 1.13. The van der Waals surface area contributed by atoms with Crippen LogP contribution in [0.25, 0.3) is 5.82 Å². The summed E-state index contributed by atoms with van der Waals surface area (Å²) in [5.41, 5.74) is 5.36. The molecule has 0 fully saturated rings. The Labute approximate surface area is 75.9 Å². The van der Waals surface area contributed by atoms with Gasteiger partial charge in [0.25, 0.3) is 0 Å². The average molecular weight is 166 g/mol. The van der Waals surface area contributed by atoms with E-state index in [4.69, 9.17) is 12.6 Å². The van der Waals surface area contributed by atoms with Crippen molar-refractivity contribution in [1.29, 1.82) is 0 Å². The summed E-state index contributed by atoms with van der Waals surface area (Å²) in [4.78, 5) is 10.6. The topological polar surface area (TPSA) is 69.6 Å². The van der Waals surface area contributed by atoms with Crippen LogP contribution < -0.4 is 5.73 Å². The second kappa shape index (κ2) is 2.61. The summed E-state index contributed by atoms with van der Waals surface area (Å²) < 4.78 is 38.0. The Hall–Kier alpha value is -1.91. The van der Waals surface area contributed by atoms with Crippen molar-refractivity contribution in [2.75, 3.05) is 5.73 Å². The first-order valence-electron chi connectivity index (χ1n) is 5.55. The normalized spacial score (nSPS) is 15.8. The van der Waals surface area contributed by atoms with Gasteiger partial charge in [0.2, 0.25) is 0 Å². The molecule has 2 heterocycles. The van der Waals surface area contributed by atoms with Crippen molar-refractivity contribution in [2.45, 2.75) is 0 Å². The molecular formula is C7H7N5. The predicted octanol–water partition coefficient (Wildman–Crippen LogP) is 0.244. The highest BCUT2D eigenvalue weighted by molar-refractivity contribution is 5.29. The zero-order valence-corrected chi connectivity index (χ0v) is 5.87. The molecule has 0 saturated carbocycles. The van der Waals surface area contributed by atoms with Crippen LogP contribution in [0.2, 0.25) is 0 Å². The van der Waals surface area contributed by atoms with Crippen LogP contribution in [-0.2, 0) is 0 Å². The van der Waals surface area contributed by atoms with Crippen molar-refractivity contribution >= 4 is 5.82 Å². The fourth-order valence-corrected chi connectivity index (χ4v) is 0.675. The summed E-state index contributed by atoms with van der Waals surface area (Å²) in [6.07, 6.45) is -1.96. The van der Waals surface area contributed by atoms with Gasteiger partial charge in [-0.1, -0.05) is 0 Å². The molecule has 2 aromatic rings. The van der Waals surface area contributed by atoms with E-state index in [-0.39, 0.29) is 24.1 Å². The largest absolute Gasteiger partial charge is 0.382 e. The fraction of sp³-hybridized carbons (Fsp3) is 0. The zero-order valence-electron chi connectivity index (χ0n) is 10.9. The molecule has 12 heavy (non-hydrogen) atoms. The molecule has 0 spiro atoms. The van der Waals surface area contributed by atoms with Crippen LogP contribution in [0.15, 0.2) is 31.0 Å². The van der Waals surface area contributed by atoms with E-state index in [1.165, 1.54) is 0 Å². The van der Waals surface area contributed by atoms with Crippen molar-refractivity contribution < 1.29 is 6.85 Å². The van der Waals surface area contributed by atoms with E-state index in [2.05, 4.69) is 15.0 Å². The maximum absolute atomic E-state index is 7.57. The molecule has 2 aromatic heterocycles. The third kappa shape index (κ3) is 1.12. The first-order valence-corrected chi connectivity index (χ1v) is 3.05. The number of anilines is 1. The zero-order chi connectivity index (χ0) is 12.7. The van der Waals surface area contributed by atoms with Gasteiger partial charge in [0.05, 0.1) is 17.8 Å². The van der Waals surface area contributed by atoms with Crippen LogP contribution in [0.3, 0.4) is 0 Å². The van der Waals surface area contributed by atoms with Crippen LogP contribution in [0.1, 0.15) is 6.85 Å². The first-order chi connectivity index (χ1) is 7.91. The molecule has 0 aliphatic heterocycles. The van der Waals surface area contributed by atoms with E-state index in [0.29, 0.717) is 0 Å². The number of nitrogens with two attached hydrogens (primary N) is 1. The fourth-order valence-electron chi connectivity index (χ4n) is 0.675. The Morgan fingerprint density at radius 2 is 2.33 bits per heavy atom. The second-order valence-electron chi connectivity index (χ2n) is 1.93. The van der Waals surface area contributed by atoms with E-state index in [1.807, 2.05) is 0 Å². The highest BCUT2D eigenvalue weighted by atomic mass is 15.1. The quantitative estimate of drug-likeness (QED) is 0.659. The van der Waals surface area contributed by atoms with Crippen LogP contribution >= 0.6 is 0 Å². The lowest BCUT2D eigenvalue weighted by molar-refractivity contribution is 0.971. The first kappa shape index (κ1) is 3.22. The highest BCUT2D eigenvalue weighted by Gasteiger charge is 1.96. The summed E-state index contributed by atoms with van der Waals surface area (Å²) in [6, 6.07) is 0. The van der Waals surface area contributed by atoms with Crippen LogP contribution in [0.4, 0.5) is 5.82 Å². The standard InChI is InChI=1S/C7H7N5/c8-6-4-12(5-11-6)7-3-9-1-2-10-7/h1-5H,8H2/i1D,2D,3D,4D,5D. The molecule has 0 radical (unpaired) electrons. The molecule has 0 bridgehead atoms. The molecule has 2 rings (SSSR count). The highest BCUT2D eigenvalue weighted by Crippen LogP contribution is 2.03. The predicted molar refractivity (Wildman–Crippen MR) is 43.6 cm³/mol. The molecule has 5 heteroatoms. The van der Waals surface area contributed by atoms with Gasteiger partial charge < -0.3 is 5.73 Å². The Morgan fingerprint density at radius 1 is 1.42 bits per heavy atom. The van der Waals surface area contributed by atoms with Gasteiger partial charge in [-0.05, 0) is 0 Å². The maximum atomic E-state index is 7.57. The molecule has 0 unspecified atom stereocenters. The van der Waals surface area contributed by atoms with E-state index in [1.54, 1.807) is 0 Å². The molecule has 60 valence electrons. The Kier molecular flexibility index (Phi) is 0.701. The molecule has 0 aliphatic rings. The summed E-state index contributed by atoms with van der Waals surface area (Å²) in [5.74, 6) is -0.372. The number of hydrogen-bond donors (Lipinski definition) is 1. The number of imidazole rings is 1. The molecule has 5 nitrogen and oxygen atoms in total. The van der Waals surface area contributed by atoms with Gasteiger partial charge in [-0.3, -0.25) is 9.55 Å². The minimum Gasteiger partial charge on any atom is -0.382 e. The number of rotatable bonds is 1. The minimum atomic E-state index is -0.443. The van der Waals surface area contributed by atoms with E-state index in [9.17, 15) is 0 Å². The van der Waals surface area contributed by atoms with Crippen molar-refractivity contribution in [2.24, 2.45) is 0 Å². The molecule has 0 saturated heterocycles. The summed E-state index contributed by atoms with van der Waals surface area (Å²) in [5, 5.41) is 0. The van der Waals surface area contributed by atoms with Crippen molar-refractivity contribution in [3.05, 3.63) is 31.0 Å². The van der Waals surface area contributed by atoms with Gasteiger partial charge in [-0.15, -0.1) is 0 Å². The lowest BCUT2D eigenvalue weighted by Crippen LogP contribution is -1.93. The van der Waals surface area contributed by atoms with Crippen molar-refractivity contribution in [3.63, 3.8) is 0 Å². The van der Waals surface area contributed by atoms with Crippen LogP contribution in [0, 0.1) is 0 Å². The van der Waals surface area contributed by atoms with Gasteiger partial charge in [-0.2, -0.15) is 0 Å². The van der Waals surface area contributed by atoms with Gasteiger partial charge >= 0.3 is 0 Å². The molecule has 0 aliphatic carbocycles. The summed E-state index contributed by atoms with van der Waals surface area (Å²) >= 11 is 0. The van der Waals surface area contributed by atoms with Crippen LogP contribution in [-0.4, -0.2) is 19.5 Å². The molecule has 0 aromatic carbocycles.